The van der Waals surface area contributed by atoms with Crippen molar-refractivity contribution in [2.75, 3.05) is 11.9 Å². The molecule has 4 nitrogen and oxygen atoms in total. The van der Waals surface area contributed by atoms with Gasteiger partial charge < -0.3 is 10.1 Å². The van der Waals surface area contributed by atoms with Gasteiger partial charge in [-0.05, 0) is 47.0 Å². The Bertz CT molecular complexity index is 1020. The number of amides is 1. The minimum atomic E-state index is -0.583. The third-order valence-corrected chi connectivity index (χ3v) is 4.43. The molecule has 0 aliphatic rings. The van der Waals surface area contributed by atoms with Gasteiger partial charge in [-0.15, -0.1) is 0 Å². The number of hydrogen-bond donors (Lipinski definition) is 1. The molecule has 0 heterocycles. The number of hydrogen-bond acceptors (Lipinski definition) is 3. The molecule has 1 amide bonds. The first-order valence-corrected chi connectivity index (χ1v) is 8.79. The van der Waals surface area contributed by atoms with Crippen molar-refractivity contribution in [1.82, 2.24) is 0 Å². The van der Waals surface area contributed by atoms with Crippen LogP contribution in [0.1, 0.15) is 11.1 Å². The lowest BCUT2D eigenvalue weighted by Gasteiger charge is -2.07. The number of esters is 1. The molecule has 0 fully saturated rings. The zero-order valence-electron chi connectivity index (χ0n) is 14.7. The van der Waals surface area contributed by atoms with Crippen molar-refractivity contribution < 1.29 is 14.3 Å². The van der Waals surface area contributed by atoms with E-state index >= 15 is 0 Å². The first-order valence-electron chi connectivity index (χ1n) is 8.41. The van der Waals surface area contributed by atoms with E-state index in [1.54, 1.807) is 24.3 Å². The molecule has 0 aromatic heterocycles. The molecule has 136 valence electrons. The molecular weight excluding hydrogens is 362 g/mol. The molecule has 0 spiro atoms. The molecule has 0 aliphatic heterocycles. The minimum absolute atomic E-state index is 0.371. The highest BCUT2D eigenvalue weighted by atomic mass is 35.5. The molecule has 0 atom stereocenters. The maximum Gasteiger partial charge on any atom is 0.331 e. The lowest BCUT2D eigenvalue weighted by atomic mass is 10.0. The zero-order chi connectivity index (χ0) is 19.2. The fraction of sp³-hybridized carbons (Fsp3) is 0.0909. The van der Waals surface area contributed by atoms with Crippen LogP contribution >= 0.6 is 11.6 Å². The van der Waals surface area contributed by atoms with Gasteiger partial charge in [-0.1, -0.05) is 60.1 Å². The van der Waals surface area contributed by atoms with Gasteiger partial charge in [0.15, 0.2) is 6.61 Å². The largest absolute Gasteiger partial charge is 0.452 e. The van der Waals surface area contributed by atoms with Crippen molar-refractivity contribution in [3.05, 3.63) is 82.9 Å². The molecule has 0 bridgehead atoms. The van der Waals surface area contributed by atoms with E-state index in [1.807, 2.05) is 49.4 Å². The standard InChI is InChI=1S/C22H18ClNO3/c1-15-9-11-18(13-20(15)23)24-21(25)14-27-22(26)12-10-17-7-4-6-16-5-2-3-8-19(16)17/h2-13H,14H2,1H3,(H,24,25)/b12-10+. The second-order valence-electron chi connectivity index (χ2n) is 6.02. The summed E-state index contributed by atoms with van der Waals surface area (Å²) in [6.45, 7) is 1.50. The van der Waals surface area contributed by atoms with Crippen molar-refractivity contribution in [1.29, 1.82) is 0 Å². The smallest absolute Gasteiger partial charge is 0.331 e. The SMILES string of the molecule is Cc1ccc(NC(=O)COC(=O)/C=C/c2cccc3ccccc23)cc1Cl. The lowest BCUT2D eigenvalue weighted by molar-refractivity contribution is -0.142. The molecule has 1 N–H and O–H groups in total. The van der Waals surface area contributed by atoms with Crippen LogP contribution in [0, 0.1) is 6.92 Å². The molecule has 3 rings (SSSR count). The van der Waals surface area contributed by atoms with Crippen molar-refractivity contribution in [2.45, 2.75) is 6.92 Å². The average molecular weight is 380 g/mol. The fourth-order valence-electron chi connectivity index (χ4n) is 2.61. The number of benzene rings is 3. The van der Waals surface area contributed by atoms with Gasteiger partial charge in [0.2, 0.25) is 0 Å². The first kappa shape index (κ1) is 18.7. The van der Waals surface area contributed by atoms with Gasteiger partial charge in [0.25, 0.3) is 5.91 Å². The number of fused-ring (bicyclic) bond motifs is 1. The molecule has 3 aromatic carbocycles. The van der Waals surface area contributed by atoms with Gasteiger partial charge in [0, 0.05) is 16.8 Å². The Hall–Kier alpha value is -3.11. The van der Waals surface area contributed by atoms with Crippen LogP contribution < -0.4 is 5.32 Å². The van der Waals surface area contributed by atoms with E-state index in [0.29, 0.717) is 10.7 Å². The average Bonchev–Trinajstić information content (AvgIpc) is 2.67. The van der Waals surface area contributed by atoms with Crippen LogP contribution in [0.15, 0.2) is 66.7 Å². The summed E-state index contributed by atoms with van der Waals surface area (Å²) in [5.74, 6) is -1.01. The summed E-state index contributed by atoms with van der Waals surface area (Å²) in [7, 11) is 0. The van der Waals surface area contributed by atoms with E-state index < -0.39 is 11.9 Å². The molecular formula is C22H18ClNO3. The Labute approximate surface area is 162 Å². The van der Waals surface area contributed by atoms with E-state index in [4.69, 9.17) is 16.3 Å². The molecule has 0 unspecified atom stereocenters. The van der Waals surface area contributed by atoms with Crippen molar-refractivity contribution in [3.8, 4) is 0 Å². The summed E-state index contributed by atoms with van der Waals surface area (Å²) >= 11 is 6.02. The maximum atomic E-state index is 11.9. The van der Waals surface area contributed by atoms with Crippen molar-refractivity contribution in [2.24, 2.45) is 0 Å². The highest BCUT2D eigenvalue weighted by Crippen LogP contribution is 2.20. The predicted molar refractivity (Wildman–Crippen MR) is 109 cm³/mol. The number of halogens is 1. The van der Waals surface area contributed by atoms with Crippen LogP contribution in [-0.4, -0.2) is 18.5 Å². The number of carbonyl (C=O) groups is 2. The Kier molecular flexibility index (Phi) is 5.89. The highest BCUT2D eigenvalue weighted by molar-refractivity contribution is 6.31. The summed E-state index contributed by atoms with van der Waals surface area (Å²) < 4.78 is 4.99. The molecule has 0 saturated carbocycles. The van der Waals surface area contributed by atoms with E-state index in [0.717, 1.165) is 21.9 Å². The number of rotatable bonds is 5. The number of carbonyl (C=O) groups excluding carboxylic acids is 2. The van der Waals surface area contributed by atoms with Gasteiger partial charge in [0.05, 0.1) is 0 Å². The van der Waals surface area contributed by atoms with E-state index in [2.05, 4.69) is 5.32 Å². The van der Waals surface area contributed by atoms with Crippen molar-refractivity contribution >= 4 is 46.0 Å². The highest BCUT2D eigenvalue weighted by Gasteiger charge is 2.07. The molecule has 0 saturated heterocycles. The van der Waals surface area contributed by atoms with Crippen LogP contribution in [0.5, 0.6) is 0 Å². The number of nitrogens with one attached hydrogen (secondary N) is 1. The zero-order valence-corrected chi connectivity index (χ0v) is 15.5. The Balaban J connectivity index is 1.56. The summed E-state index contributed by atoms with van der Waals surface area (Å²) in [4.78, 5) is 23.8. The normalized spacial score (nSPS) is 10.9. The Morgan fingerprint density at radius 2 is 1.85 bits per heavy atom. The van der Waals surface area contributed by atoms with E-state index in [9.17, 15) is 9.59 Å². The van der Waals surface area contributed by atoms with Crippen LogP contribution in [0.2, 0.25) is 5.02 Å². The van der Waals surface area contributed by atoms with Crippen LogP contribution in [-0.2, 0) is 14.3 Å². The topological polar surface area (TPSA) is 55.4 Å². The summed E-state index contributed by atoms with van der Waals surface area (Å²) in [6, 6.07) is 18.9. The van der Waals surface area contributed by atoms with Crippen LogP contribution in [0.25, 0.3) is 16.8 Å². The van der Waals surface area contributed by atoms with Crippen LogP contribution in [0.4, 0.5) is 5.69 Å². The second-order valence-corrected chi connectivity index (χ2v) is 6.43. The summed E-state index contributed by atoms with van der Waals surface area (Å²) in [5.41, 5.74) is 2.38. The van der Waals surface area contributed by atoms with E-state index in [1.165, 1.54) is 6.08 Å². The third kappa shape index (κ3) is 4.96. The van der Waals surface area contributed by atoms with Crippen molar-refractivity contribution in [3.63, 3.8) is 0 Å². The summed E-state index contributed by atoms with van der Waals surface area (Å²) in [6.07, 6.45) is 3.00. The van der Waals surface area contributed by atoms with Gasteiger partial charge in [-0.2, -0.15) is 0 Å². The van der Waals surface area contributed by atoms with Gasteiger partial charge >= 0.3 is 5.97 Å². The molecule has 0 aliphatic carbocycles. The lowest BCUT2D eigenvalue weighted by Crippen LogP contribution is -2.20. The third-order valence-electron chi connectivity index (χ3n) is 4.02. The van der Waals surface area contributed by atoms with Gasteiger partial charge in [-0.25, -0.2) is 4.79 Å². The van der Waals surface area contributed by atoms with Crippen LogP contribution in [0.3, 0.4) is 0 Å². The van der Waals surface area contributed by atoms with E-state index in [-0.39, 0.29) is 6.61 Å². The monoisotopic (exact) mass is 379 g/mol. The predicted octanol–water partition coefficient (Wildman–Crippen LogP) is 5.00. The Morgan fingerprint density at radius 1 is 1.07 bits per heavy atom. The number of ether oxygens (including phenoxy) is 1. The number of aryl methyl sites for hydroxylation is 1. The fourth-order valence-corrected chi connectivity index (χ4v) is 2.79. The number of anilines is 1. The first-order chi connectivity index (χ1) is 13.0. The quantitative estimate of drug-likeness (QED) is 0.501. The molecule has 27 heavy (non-hydrogen) atoms. The second kappa shape index (κ2) is 8.52. The van der Waals surface area contributed by atoms with Gasteiger partial charge in [0.1, 0.15) is 0 Å². The van der Waals surface area contributed by atoms with Gasteiger partial charge in [-0.3, -0.25) is 4.79 Å². The molecule has 0 radical (unpaired) electrons. The summed E-state index contributed by atoms with van der Waals surface area (Å²) in [5, 5.41) is 5.32. The Morgan fingerprint density at radius 3 is 2.67 bits per heavy atom. The molecule has 3 aromatic rings. The molecule has 5 heteroatoms. The maximum absolute atomic E-state index is 11.9. The minimum Gasteiger partial charge on any atom is -0.452 e.